The second-order valence-electron chi connectivity index (χ2n) is 5.86. The fraction of sp³-hybridized carbons (Fsp3) is 0.500. The number of rotatable bonds is 3. The minimum absolute atomic E-state index is 0.0390. The summed E-state index contributed by atoms with van der Waals surface area (Å²) >= 11 is 0. The van der Waals surface area contributed by atoms with E-state index in [1.165, 1.54) is 17.9 Å². The highest BCUT2D eigenvalue weighted by molar-refractivity contribution is 5.97. The molecule has 1 aliphatic heterocycles. The first-order valence-corrected chi connectivity index (χ1v) is 7.67. The van der Waals surface area contributed by atoms with Gasteiger partial charge in [0.15, 0.2) is 0 Å². The summed E-state index contributed by atoms with van der Waals surface area (Å²) in [6, 6.07) is 3.06. The van der Waals surface area contributed by atoms with Crippen molar-refractivity contribution in [1.82, 2.24) is 10.2 Å². The van der Waals surface area contributed by atoms with E-state index in [2.05, 4.69) is 10.6 Å². The third-order valence-electron chi connectivity index (χ3n) is 3.94. The van der Waals surface area contributed by atoms with Gasteiger partial charge in [0.1, 0.15) is 0 Å². The zero-order chi connectivity index (χ0) is 17.9. The molecule has 24 heavy (non-hydrogen) atoms. The number of piperidine rings is 1. The lowest BCUT2D eigenvalue weighted by Crippen LogP contribution is -2.47. The summed E-state index contributed by atoms with van der Waals surface area (Å²) in [7, 11) is 1.79. The molecule has 1 saturated heterocycles. The highest BCUT2D eigenvalue weighted by Gasteiger charge is 2.33. The zero-order valence-electron chi connectivity index (χ0n) is 13.5. The van der Waals surface area contributed by atoms with E-state index in [4.69, 9.17) is 0 Å². The van der Waals surface area contributed by atoms with Crippen molar-refractivity contribution < 1.29 is 22.8 Å². The summed E-state index contributed by atoms with van der Waals surface area (Å²) in [5.74, 6) is -0.964. The standard InChI is InChI=1S/C16H20F3N3O2/c1-10(23)21-14-7-11(6-12(8-14)16(17,18)19)15(24)22-5-3-4-13(9-22)20-2/h6-8,13,20H,3-5,9H2,1-2H3,(H,21,23). The van der Waals surface area contributed by atoms with Crippen LogP contribution < -0.4 is 10.6 Å². The maximum atomic E-state index is 13.1. The van der Waals surface area contributed by atoms with Crippen LogP contribution >= 0.6 is 0 Å². The van der Waals surface area contributed by atoms with E-state index in [-0.39, 0.29) is 17.3 Å². The summed E-state index contributed by atoms with van der Waals surface area (Å²) < 4.78 is 39.2. The Bertz CT molecular complexity index is 631. The molecule has 0 bridgehead atoms. The number of hydrogen-bond acceptors (Lipinski definition) is 3. The Morgan fingerprint density at radius 3 is 2.54 bits per heavy atom. The Morgan fingerprint density at radius 2 is 1.96 bits per heavy atom. The Hall–Kier alpha value is -2.09. The van der Waals surface area contributed by atoms with Gasteiger partial charge in [0.25, 0.3) is 5.91 Å². The van der Waals surface area contributed by atoms with E-state index in [1.54, 1.807) is 7.05 Å². The number of likely N-dealkylation sites (N-methyl/N-ethyl adjacent to an activating group) is 1. The lowest BCUT2D eigenvalue weighted by Gasteiger charge is -2.32. The number of halogens is 3. The molecular weight excluding hydrogens is 323 g/mol. The largest absolute Gasteiger partial charge is 0.416 e. The fourth-order valence-electron chi connectivity index (χ4n) is 2.77. The quantitative estimate of drug-likeness (QED) is 0.886. The van der Waals surface area contributed by atoms with E-state index in [1.807, 2.05) is 0 Å². The molecule has 0 radical (unpaired) electrons. The third kappa shape index (κ3) is 4.47. The molecular formula is C16H20F3N3O2. The lowest BCUT2D eigenvalue weighted by molar-refractivity contribution is -0.137. The molecule has 132 valence electrons. The first kappa shape index (κ1) is 18.3. The number of carbonyl (C=O) groups excluding carboxylic acids is 2. The fourth-order valence-corrected chi connectivity index (χ4v) is 2.77. The molecule has 1 unspecified atom stereocenters. The molecule has 0 spiro atoms. The molecule has 0 saturated carbocycles. The Labute approximate surface area is 138 Å². The molecule has 1 aromatic carbocycles. The molecule has 0 aliphatic carbocycles. The Balaban J connectivity index is 2.33. The second kappa shape index (κ2) is 7.21. The van der Waals surface area contributed by atoms with Crippen LogP contribution in [0.15, 0.2) is 18.2 Å². The van der Waals surface area contributed by atoms with Crippen LogP contribution in [0.2, 0.25) is 0 Å². The normalized spacial score (nSPS) is 18.4. The first-order valence-electron chi connectivity index (χ1n) is 7.67. The van der Waals surface area contributed by atoms with Crippen molar-refractivity contribution in [1.29, 1.82) is 0 Å². The number of alkyl halides is 3. The van der Waals surface area contributed by atoms with E-state index in [0.717, 1.165) is 25.0 Å². The molecule has 8 heteroatoms. The average molecular weight is 343 g/mol. The number of nitrogens with zero attached hydrogens (tertiary/aromatic N) is 1. The van der Waals surface area contributed by atoms with Gasteiger partial charge in [-0.25, -0.2) is 0 Å². The van der Waals surface area contributed by atoms with Gasteiger partial charge >= 0.3 is 6.18 Å². The monoisotopic (exact) mass is 343 g/mol. The number of benzene rings is 1. The van der Waals surface area contributed by atoms with E-state index in [0.29, 0.717) is 13.1 Å². The third-order valence-corrected chi connectivity index (χ3v) is 3.94. The van der Waals surface area contributed by atoms with Gasteiger partial charge in [0, 0.05) is 37.3 Å². The summed E-state index contributed by atoms with van der Waals surface area (Å²) in [6.07, 6.45) is -2.90. The van der Waals surface area contributed by atoms with Crippen molar-refractivity contribution in [3.05, 3.63) is 29.3 Å². The van der Waals surface area contributed by atoms with Crippen LogP contribution in [0.3, 0.4) is 0 Å². The molecule has 1 fully saturated rings. The maximum absolute atomic E-state index is 13.1. The van der Waals surface area contributed by atoms with Crippen molar-refractivity contribution in [3.63, 3.8) is 0 Å². The number of carbonyl (C=O) groups is 2. The summed E-state index contributed by atoms with van der Waals surface area (Å²) in [5, 5.41) is 5.40. The molecule has 5 nitrogen and oxygen atoms in total. The number of anilines is 1. The van der Waals surface area contributed by atoms with Gasteiger partial charge in [0.2, 0.25) is 5.91 Å². The van der Waals surface area contributed by atoms with Crippen molar-refractivity contribution in [3.8, 4) is 0 Å². The minimum Gasteiger partial charge on any atom is -0.337 e. The number of hydrogen-bond donors (Lipinski definition) is 2. The summed E-state index contributed by atoms with van der Waals surface area (Å²) in [6.45, 7) is 2.15. The van der Waals surface area contributed by atoms with Gasteiger partial charge in [0.05, 0.1) is 5.56 Å². The smallest absolute Gasteiger partial charge is 0.337 e. The van der Waals surface area contributed by atoms with Gasteiger partial charge in [-0.2, -0.15) is 13.2 Å². The van der Waals surface area contributed by atoms with Crippen LogP contribution in [0, 0.1) is 0 Å². The van der Waals surface area contributed by atoms with Crippen molar-refractivity contribution in [2.75, 3.05) is 25.5 Å². The van der Waals surface area contributed by atoms with E-state index in [9.17, 15) is 22.8 Å². The van der Waals surface area contributed by atoms with Crippen molar-refractivity contribution in [2.24, 2.45) is 0 Å². The molecule has 1 atom stereocenters. The molecule has 0 aromatic heterocycles. The van der Waals surface area contributed by atoms with Crippen LogP contribution in [0.1, 0.15) is 35.7 Å². The van der Waals surface area contributed by atoms with Crippen LogP contribution in [-0.2, 0) is 11.0 Å². The maximum Gasteiger partial charge on any atom is 0.416 e. The van der Waals surface area contributed by atoms with Crippen molar-refractivity contribution >= 4 is 17.5 Å². The predicted octanol–water partition coefficient (Wildman–Crippen LogP) is 2.49. The van der Waals surface area contributed by atoms with Gasteiger partial charge in [-0.3, -0.25) is 9.59 Å². The average Bonchev–Trinajstić information content (AvgIpc) is 2.52. The molecule has 2 amide bonds. The van der Waals surface area contributed by atoms with Crippen LogP contribution in [0.4, 0.5) is 18.9 Å². The number of likely N-dealkylation sites (tertiary alicyclic amines) is 1. The molecule has 2 rings (SSSR count). The predicted molar refractivity (Wildman–Crippen MR) is 83.7 cm³/mol. The first-order chi connectivity index (χ1) is 11.2. The molecule has 1 aromatic rings. The minimum atomic E-state index is -4.60. The van der Waals surface area contributed by atoms with Crippen molar-refractivity contribution in [2.45, 2.75) is 32.0 Å². The second-order valence-corrected chi connectivity index (χ2v) is 5.86. The van der Waals surface area contributed by atoms with Gasteiger partial charge in [-0.05, 0) is 38.1 Å². The van der Waals surface area contributed by atoms with Crippen LogP contribution in [0.25, 0.3) is 0 Å². The number of nitrogens with one attached hydrogen (secondary N) is 2. The highest BCUT2D eigenvalue weighted by Crippen LogP contribution is 2.32. The van der Waals surface area contributed by atoms with Crippen LogP contribution in [-0.4, -0.2) is 42.9 Å². The molecule has 1 aliphatic rings. The summed E-state index contributed by atoms with van der Waals surface area (Å²) in [5.41, 5.74) is -1.08. The Kier molecular flexibility index (Phi) is 5.48. The van der Waals surface area contributed by atoms with Gasteiger partial charge < -0.3 is 15.5 Å². The van der Waals surface area contributed by atoms with Gasteiger partial charge in [-0.1, -0.05) is 0 Å². The van der Waals surface area contributed by atoms with E-state index >= 15 is 0 Å². The number of amides is 2. The van der Waals surface area contributed by atoms with E-state index < -0.39 is 23.6 Å². The molecule has 2 N–H and O–H groups in total. The lowest BCUT2D eigenvalue weighted by atomic mass is 10.0. The molecule has 1 heterocycles. The highest BCUT2D eigenvalue weighted by atomic mass is 19.4. The van der Waals surface area contributed by atoms with Gasteiger partial charge in [-0.15, -0.1) is 0 Å². The summed E-state index contributed by atoms with van der Waals surface area (Å²) in [4.78, 5) is 25.3. The Morgan fingerprint density at radius 1 is 1.25 bits per heavy atom. The zero-order valence-corrected chi connectivity index (χ0v) is 13.5. The SMILES string of the molecule is CNC1CCCN(C(=O)c2cc(NC(C)=O)cc(C(F)(F)F)c2)C1. The topological polar surface area (TPSA) is 61.4 Å². The van der Waals surface area contributed by atoms with Crippen LogP contribution in [0.5, 0.6) is 0 Å².